The Morgan fingerprint density at radius 3 is 2.83 bits per heavy atom. The number of hydrogen-bond acceptors (Lipinski definition) is 4. The first-order valence-corrected chi connectivity index (χ1v) is 5.53. The van der Waals surface area contributed by atoms with Crippen LogP contribution in [0.4, 0.5) is 11.5 Å². The molecule has 2 aromatic rings. The molecule has 0 saturated carbocycles. The van der Waals surface area contributed by atoms with E-state index in [1.807, 2.05) is 19.1 Å². The van der Waals surface area contributed by atoms with Crippen LogP contribution in [-0.4, -0.2) is 15.9 Å². The van der Waals surface area contributed by atoms with Crippen molar-refractivity contribution in [3.8, 4) is 0 Å². The van der Waals surface area contributed by atoms with E-state index in [9.17, 15) is 4.79 Å². The number of aryl methyl sites for hydroxylation is 2. The fourth-order valence-corrected chi connectivity index (χ4v) is 1.58. The van der Waals surface area contributed by atoms with Crippen LogP contribution < -0.4 is 11.1 Å². The van der Waals surface area contributed by atoms with Gasteiger partial charge in [-0.2, -0.15) is 0 Å². The van der Waals surface area contributed by atoms with Gasteiger partial charge in [0.05, 0.1) is 23.1 Å². The smallest absolute Gasteiger partial charge is 0.258 e. The van der Waals surface area contributed by atoms with Crippen LogP contribution in [-0.2, 0) is 0 Å². The fraction of sp³-hybridized carbons (Fsp3) is 0.154. The van der Waals surface area contributed by atoms with Crippen LogP contribution in [0.2, 0.25) is 0 Å². The van der Waals surface area contributed by atoms with Crippen LogP contribution >= 0.6 is 0 Å². The molecule has 0 saturated heterocycles. The van der Waals surface area contributed by atoms with Crippen molar-refractivity contribution in [2.24, 2.45) is 0 Å². The van der Waals surface area contributed by atoms with Crippen molar-refractivity contribution in [2.45, 2.75) is 13.8 Å². The van der Waals surface area contributed by atoms with Crippen LogP contribution in [0.3, 0.4) is 0 Å². The number of nitrogens with two attached hydrogens (primary N) is 1. The molecule has 18 heavy (non-hydrogen) atoms. The molecule has 3 N–H and O–H groups in total. The van der Waals surface area contributed by atoms with E-state index >= 15 is 0 Å². The van der Waals surface area contributed by atoms with E-state index in [-0.39, 0.29) is 5.91 Å². The topological polar surface area (TPSA) is 80.9 Å². The summed E-state index contributed by atoms with van der Waals surface area (Å²) in [6, 6.07) is 7.04. The standard InChI is InChI=1S/C13H14N4O/c1-8-4-3-5-12(16-8)17-13(18)11-6-10(14)7-15-9(11)2/h3-7H,14H2,1-2H3,(H,16,17,18). The summed E-state index contributed by atoms with van der Waals surface area (Å²) in [5.74, 6) is 0.257. The Morgan fingerprint density at radius 1 is 1.33 bits per heavy atom. The first kappa shape index (κ1) is 12.0. The third-order valence-corrected chi connectivity index (χ3v) is 2.48. The Morgan fingerprint density at radius 2 is 2.11 bits per heavy atom. The Hall–Kier alpha value is -2.43. The SMILES string of the molecule is Cc1cccc(NC(=O)c2cc(N)cnc2C)n1. The minimum atomic E-state index is -0.259. The molecule has 0 aliphatic rings. The summed E-state index contributed by atoms with van der Waals surface area (Å²) in [6.07, 6.45) is 1.52. The van der Waals surface area contributed by atoms with Crippen molar-refractivity contribution >= 4 is 17.4 Å². The van der Waals surface area contributed by atoms with Crippen molar-refractivity contribution in [2.75, 3.05) is 11.1 Å². The largest absolute Gasteiger partial charge is 0.397 e. The summed E-state index contributed by atoms with van der Waals surface area (Å²) in [7, 11) is 0. The molecular weight excluding hydrogens is 228 g/mol. The predicted octanol–water partition coefficient (Wildman–Crippen LogP) is 1.93. The average Bonchev–Trinajstić information content (AvgIpc) is 2.32. The zero-order valence-electron chi connectivity index (χ0n) is 10.3. The number of hydrogen-bond donors (Lipinski definition) is 2. The normalized spacial score (nSPS) is 10.1. The number of anilines is 2. The Balaban J connectivity index is 2.24. The van der Waals surface area contributed by atoms with Crippen molar-refractivity contribution < 1.29 is 4.79 Å². The number of carbonyl (C=O) groups excluding carboxylic acids is 1. The fourth-order valence-electron chi connectivity index (χ4n) is 1.58. The van der Waals surface area contributed by atoms with Crippen LogP contribution in [0.1, 0.15) is 21.7 Å². The van der Waals surface area contributed by atoms with Gasteiger partial charge in [-0.15, -0.1) is 0 Å². The van der Waals surface area contributed by atoms with Gasteiger partial charge in [-0.3, -0.25) is 9.78 Å². The lowest BCUT2D eigenvalue weighted by molar-refractivity contribution is 0.102. The number of nitrogens with zero attached hydrogens (tertiary/aromatic N) is 2. The van der Waals surface area contributed by atoms with E-state index in [0.29, 0.717) is 22.8 Å². The molecular formula is C13H14N4O. The predicted molar refractivity (Wildman–Crippen MR) is 70.3 cm³/mol. The second-order valence-corrected chi connectivity index (χ2v) is 4.02. The minimum Gasteiger partial charge on any atom is -0.397 e. The molecule has 0 unspecified atom stereocenters. The zero-order valence-corrected chi connectivity index (χ0v) is 10.3. The number of carbonyl (C=O) groups is 1. The highest BCUT2D eigenvalue weighted by Crippen LogP contribution is 2.12. The number of pyridine rings is 2. The summed E-state index contributed by atoms with van der Waals surface area (Å²) in [4.78, 5) is 20.3. The molecule has 2 aromatic heterocycles. The molecule has 0 spiro atoms. The van der Waals surface area contributed by atoms with Crippen molar-refractivity contribution in [3.05, 3.63) is 47.4 Å². The Bertz CT molecular complexity index is 595. The third-order valence-electron chi connectivity index (χ3n) is 2.48. The van der Waals surface area contributed by atoms with Crippen LogP contribution in [0, 0.1) is 13.8 Å². The van der Waals surface area contributed by atoms with E-state index in [1.165, 1.54) is 6.20 Å². The highest BCUT2D eigenvalue weighted by Gasteiger charge is 2.11. The van der Waals surface area contributed by atoms with Gasteiger partial charge in [-0.05, 0) is 32.0 Å². The maximum Gasteiger partial charge on any atom is 0.258 e. The first-order valence-electron chi connectivity index (χ1n) is 5.53. The molecule has 5 nitrogen and oxygen atoms in total. The van der Waals surface area contributed by atoms with Gasteiger partial charge in [0.25, 0.3) is 5.91 Å². The number of rotatable bonds is 2. The Kier molecular flexibility index (Phi) is 3.23. The van der Waals surface area contributed by atoms with Gasteiger partial charge in [-0.25, -0.2) is 4.98 Å². The second-order valence-electron chi connectivity index (χ2n) is 4.02. The molecule has 0 radical (unpaired) electrons. The molecule has 0 atom stereocenters. The summed E-state index contributed by atoms with van der Waals surface area (Å²) in [6.45, 7) is 3.63. The van der Waals surface area contributed by atoms with Crippen LogP contribution in [0.15, 0.2) is 30.5 Å². The minimum absolute atomic E-state index is 0.259. The van der Waals surface area contributed by atoms with Crippen molar-refractivity contribution in [1.29, 1.82) is 0 Å². The molecule has 1 amide bonds. The molecule has 2 rings (SSSR count). The number of aromatic nitrogens is 2. The number of nitrogens with one attached hydrogen (secondary N) is 1. The van der Waals surface area contributed by atoms with Crippen LogP contribution in [0.25, 0.3) is 0 Å². The van der Waals surface area contributed by atoms with Gasteiger partial charge in [0.1, 0.15) is 5.82 Å². The lowest BCUT2D eigenvalue weighted by Gasteiger charge is -2.07. The quantitative estimate of drug-likeness (QED) is 0.843. The molecule has 0 bridgehead atoms. The molecule has 0 aliphatic carbocycles. The summed E-state index contributed by atoms with van der Waals surface area (Å²) < 4.78 is 0. The van der Waals surface area contributed by atoms with Crippen molar-refractivity contribution in [1.82, 2.24) is 9.97 Å². The highest BCUT2D eigenvalue weighted by molar-refractivity contribution is 6.04. The molecule has 2 heterocycles. The average molecular weight is 242 g/mol. The van der Waals surface area contributed by atoms with Gasteiger partial charge in [-0.1, -0.05) is 6.07 Å². The van der Waals surface area contributed by atoms with E-state index in [4.69, 9.17) is 5.73 Å². The Labute approximate surface area is 105 Å². The zero-order chi connectivity index (χ0) is 13.1. The monoisotopic (exact) mass is 242 g/mol. The summed E-state index contributed by atoms with van der Waals surface area (Å²) in [5, 5.41) is 2.72. The highest BCUT2D eigenvalue weighted by atomic mass is 16.1. The third kappa shape index (κ3) is 2.63. The summed E-state index contributed by atoms with van der Waals surface area (Å²) in [5.41, 5.74) is 8.02. The molecule has 92 valence electrons. The van der Waals surface area contributed by atoms with E-state index in [0.717, 1.165) is 5.69 Å². The van der Waals surface area contributed by atoms with E-state index < -0.39 is 0 Å². The molecule has 0 aromatic carbocycles. The first-order chi connectivity index (χ1) is 8.56. The number of amides is 1. The van der Waals surface area contributed by atoms with Gasteiger partial charge < -0.3 is 11.1 Å². The maximum atomic E-state index is 12.1. The lowest BCUT2D eigenvalue weighted by Crippen LogP contribution is -2.15. The van der Waals surface area contributed by atoms with E-state index in [1.54, 1.807) is 19.1 Å². The summed E-state index contributed by atoms with van der Waals surface area (Å²) >= 11 is 0. The van der Waals surface area contributed by atoms with Gasteiger partial charge in [0.2, 0.25) is 0 Å². The van der Waals surface area contributed by atoms with Gasteiger partial charge in [0, 0.05) is 5.69 Å². The lowest BCUT2D eigenvalue weighted by atomic mass is 10.2. The maximum absolute atomic E-state index is 12.1. The number of nitrogen functional groups attached to an aromatic ring is 1. The second kappa shape index (κ2) is 4.83. The van der Waals surface area contributed by atoms with E-state index in [2.05, 4.69) is 15.3 Å². The molecule has 0 fully saturated rings. The van der Waals surface area contributed by atoms with Crippen molar-refractivity contribution in [3.63, 3.8) is 0 Å². The van der Waals surface area contributed by atoms with Crippen LogP contribution in [0.5, 0.6) is 0 Å². The van der Waals surface area contributed by atoms with Gasteiger partial charge >= 0.3 is 0 Å². The molecule has 5 heteroatoms. The molecule has 0 aliphatic heterocycles. The van der Waals surface area contributed by atoms with Gasteiger partial charge in [0.15, 0.2) is 0 Å².